The average Bonchev–Trinajstić information content (AvgIpc) is 2.16. The fourth-order valence-electron chi connectivity index (χ4n) is 1.39. The van der Waals surface area contributed by atoms with Crippen molar-refractivity contribution in [3.8, 4) is 6.07 Å². The second-order valence-corrected chi connectivity index (χ2v) is 5.20. The van der Waals surface area contributed by atoms with E-state index in [2.05, 4.69) is 37.1 Å². The molecular formula is C13H19N3. The second kappa shape index (κ2) is 4.98. The molecule has 0 atom stereocenters. The zero-order valence-electron chi connectivity index (χ0n) is 10.5. The van der Waals surface area contributed by atoms with Crippen LogP contribution in [0.25, 0.3) is 0 Å². The van der Waals surface area contributed by atoms with Gasteiger partial charge in [0.15, 0.2) is 0 Å². The summed E-state index contributed by atoms with van der Waals surface area (Å²) in [4.78, 5) is 4.20. The Labute approximate surface area is 97.5 Å². The molecule has 1 heterocycles. The van der Waals surface area contributed by atoms with E-state index in [1.807, 2.05) is 13.0 Å². The number of nitrogens with one attached hydrogen (secondary N) is 1. The summed E-state index contributed by atoms with van der Waals surface area (Å²) in [5.41, 5.74) is 1.91. The van der Waals surface area contributed by atoms with Gasteiger partial charge in [0.2, 0.25) is 0 Å². The number of nitrogens with zero attached hydrogens (tertiary/aromatic N) is 2. The van der Waals surface area contributed by atoms with E-state index >= 15 is 0 Å². The van der Waals surface area contributed by atoms with E-state index in [-0.39, 0.29) is 0 Å². The van der Waals surface area contributed by atoms with E-state index in [1.54, 1.807) is 6.20 Å². The summed E-state index contributed by atoms with van der Waals surface area (Å²) in [6.07, 6.45) is 2.78. The summed E-state index contributed by atoms with van der Waals surface area (Å²) in [6, 6.07) is 4.04. The van der Waals surface area contributed by atoms with E-state index in [1.165, 1.54) is 0 Å². The smallest absolute Gasteiger partial charge is 0.144 e. The Morgan fingerprint density at radius 1 is 1.44 bits per heavy atom. The highest BCUT2D eigenvalue weighted by Gasteiger charge is 2.11. The molecule has 0 radical (unpaired) electrons. The normalized spacial score (nSPS) is 10.9. The first-order chi connectivity index (χ1) is 7.44. The van der Waals surface area contributed by atoms with Crippen LogP contribution in [-0.4, -0.2) is 11.5 Å². The van der Waals surface area contributed by atoms with Gasteiger partial charge in [-0.2, -0.15) is 5.26 Å². The Morgan fingerprint density at radius 3 is 2.69 bits per heavy atom. The van der Waals surface area contributed by atoms with Crippen LogP contribution < -0.4 is 5.32 Å². The molecule has 0 bridgehead atoms. The maximum absolute atomic E-state index is 9.03. The molecule has 1 aromatic rings. The molecule has 0 aliphatic carbocycles. The minimum Gasteiger partial charge on any atom is -0.369 e. The first kappa shape index (κ1) is 12.5. The van der Waals surface area contributed by atoms with Crippen LogP contribution in [0.1, 0.15) is 38.3 Å². The van der Waals surface area contributed by atoms with Crippen LogP contribution in [0.4, 0.5) is 5.82 Å². The van der Waals surface area contributed by atoms with Gasteiger partial charge in [-0.3, -0.25) is 0 Å². The quantitative estimate of drug-likeness (QED) is 0.846. The summed E-state index contributed by atoms with van der Waals surface area (Å²) in [6.45, 7) is 9.36. The maximum atomic E-state index is 9.03. The summed E-state index contributed by atoms with van der Waals surface area (Å²) in [5.74, 6) is 0.701. The van der Waals surface area contributed by atoms with Gasteiger partial charge < -0.3 is 5.32 Å². The minimum absolute atomic E-state index is 0.295. The van der Waals surface area contributed by atoms with Crippen molar-refractivity contribution < 1.29 is 0 Å². The Morgan fingerprint density at radius 2 is 2.12 bits per heavy atom. The van der Waals surface area contributed by atoms with E-state index < -0.39 is 0 Å². The highest BCUT2D eigenvalue weighted by Crippen LogP contribution is 2.20. The summed E-state index contributed by atoms with van der Waals surface area (Å²) in [5, 5.41) is 12.3. The Kier molecular flexibility index (Phi) is 3.89. The molecule has 3 nitrogen and oxygen atoms in total. The topological polar surface area (TPSA) is 48.7 Å². The van der Waals surface area contributed by atoms with Crippen molar-refractivity contribution in [1.82, 2.24) is 4.98 Å². The molecule has 1 aromatic heterocycles. The minimum atomic E-state index is 0.295. The molecule has 0 amide bonds. The molecule has 0 unspecified atom stereocenters. The number of anilines is 1. The Hall–Kier alpha value is -1.56. The van der Waals surface area contributed by atoms with Crippen molar-refractivity contribution >= 4 is 5.82 Å². The average molecular weight is 217 g/mol. The van der Waals surface area contributed by atoms with Crippen molar-refractivity contribution in [1.29, 1.82) is 5.26 Å². The monoisotopic (exact) mass is 217 g/mol. The third-order valence-corrected chi connectivity index (χ3v) is 2.44. The first-order valence-corrected chi connectivity index (χ1v) is 5.53. The fourth-order valence-corrected chi connectivity index (χ4v) is 1.39. The van der Waals surface area contributed by atoms with Crippen LogP contribution in [0.2, 0.25) is 0 Å². The predicted octanol–water partition coefficient (Wildman–Crippen LogP) is 3.11. The standard InChI is InChI=1S/C13H19N3/c1-10-5-7-15-12(11(10)9-14)16-8-6-13(2,3)4/h5,7H,6,8H2,1-4H3,(H,15,16). The van der Waals surface area contributed by atoms with Gasteiger partial charge in [0, 0.05) is 12.7 Å². The maximum Gasteiger partial charge on any atom is 0.144 e. The largest absolute Gasteiger partial charge is 0.369 e. The van der Waals surface area contributed by atoms with Crippen LogP contribution in [0.5, 0.6) is 0 Å². The van der Waals surface area contributed by atoms with Gasteiger partial charge in [0.05, 0.1) is 5.56 Å². The van der Waals surface area contributed by atoms with Crippen LogP contribution in [0, 0.1) is 23.7 Å². The summed E-state index contributed by atoms with van der Waals surface area (Å²) >= 11 is 0. The van der Waals surface area contributed by atoms with E-state index in [0.29, 0.717) is 16.8 Å². The molecule has 3 heteroatoms. The van der Waals surface area contributed by atoms with Crippen molar-refractivity contribution in [2.45, 2.75) is 34.1 Å². The third kappa shape index (κ3) is 3.54. The van der Waals surface area contributed by atoms with E-state index in [4.69, 9.17) is 5.26 Å². The van der Waals surface area contributed by atoms with Crippen molar-refractivity contribution in [3.63, 3.8) is 0 Å². The highest BCUT2D eigenvalue weighted by molar-refractivity contribution is 5.55. The first-order valence-electron chi connectivity index (χ1n) is 5.53. The van der Waals surface area contributed by atoms with Gasteiger partial charge in [0.1, 0.15) is 11.9 Å². The zero-order valence-corrected chi connectivity index (χ0v) is 10.5. The number of pyridine rings is 1. The molecule has 0 aliphatic heterocycles. The number of aromatic nitrogens is 1. The van der Waals surface area contributed by atoms with Crippen LogP contribution >= 0.6 is 0 Å². The lowest BCUT2D eigenvalue weighted by atomic mass is 9.92. The zero-order chi connectivity index (χ0) is 12.2. The van der Waals surface area contributed by atoms with Gasteiger partial charge in [-0.05, 0) is 30.4 Å². The lowest BCUT2D eigenvalue weighted by Gasteiger charge is -2.18. The Bertz CT molecular complexity index is 397. The van der Waals surface area contributed by atoms with Crippen LogP contribution in [0.3, 0.4) is 0 Å². The molecule has 86 valence electrons. The van der Waals surface area contributed by atoms with Gasteiger partial charge in [0.25, 0.3) is 0 Å². The molecule has 0 aromatic carbocycles. The number of hydrogen-bond donors (Lipinski definition) is 1. The van der Waals surface area contributed by atoms with Gasteiger partial charge in [-0.25, -0.2) is 4.98 Å². The molecule has 0 spiro atoms. The molecular weight excluding hydrogens is 198 g/mol. The SMILES string of the molecule is Cc1ccnc(NCCC(C)(C)C)c1C#N. The Balaban J connectivity index is 2.68. The molecule has 16 heavy (non-hydrogen) atoms. The molecule has 0 saturated heterocycles. The molecule has 0 aliphatic rings. The summed E-state index contributed by atoms with van der Waals surface area (Å²) < 4.78 is 0. The van der Waals surface area contributed by atoms with E-state index in [9.17, 15) is 0 Å². The van der Waals surface area contributed by atoms with Crippen LogP contribution in [0.15, 0.2) is 12.3 Å². The molecule has 0 saturated carbocycles. The van der Waals surface area contributed by atoms with E-state index in [0.717, 1.165) is 18.5 Å². The number of hydrogen-bond acceptors (Lipinski definition) is 3. The molecule has 0 fully saturated rings. The van der Waals surface area contributed by atoms with Gasteiger partial charge in [-0.15, -0.1) is 0 Å². The number of aryl methyl sites for hydroxylation is 1. The lowest BCUT2D eigenvalue weighted by molar-refractivity contribution is 0.389. The third-order valence-electron chi connectivity index (χ3n) is 2.44. The van der Waals surface area contributed by atoms with Crippen molar-refractivity contribution in [3.05, 3.63) is 23.4 Å². The van der Waals surface area contributed by atoms with Crippen molar-refractivity contribution in [2.75, 3.05) is 11.9 Å². The van der Waals surface area contributed by atoms with Gasteiger partial charge >= 0.3 is 0 Å². The van der Waals surface area contributed by atoms with Gasteiger partial charge in [-0.1, -0.05) is 20.8 Å². The summed E-state index contributed by atoms with van der Waals surface area (Å²) in [7, 11) is 0. The van der Waals surface area contributed by atoms with Crippen LogP contribution in [-0.2, 0) is 0 Å². The number of rotatable bonds is 3. The second-order valence-electron chi connectivity index (χ2n) is 5.20. The molecule has 1 rings (SSSR count). The van der Waals surface area contributed by atoms with Crippen molar-refractivity contribution in [2.24, 2.45) is 5.41 Å². The lowest BCUT2D eigenvalue weighted by Crippen LogP contribution is -2.14. The predicted molar refractivity (Wildman–Crippen MR) is 66.3 cm³/mol. The molecule has 1 N–H and O–H groups in total. The number of nitriles is 1. The fraction of sp³-hybridized carbons (Fsp3) is 0.538. The highest BCUT2D eigenvalue weighted by atomic mass is 15.0.